The van der Waals surface area contributed by atoms with Crippen molar-refractivity contribution < 1.29 is 18.2 Å². The Morgan fingerprint density at radius 2 is 1.81 bits per heavy atom. The smallest absolute Gasteiger partial charge is 0.261 e. The lowest BCUT2D eigenvalue weighted by molar-refractivity contribution is 0.355. The van der Waals surface area contributed by atoms with Gasteiger partial charge in [0.2, 0.25) is 0 Å². The van der Waals surface area contributed by atoms with Crippen molar-refractivity contribution in [3.63, 3.8) is 0 Å². The Bertz CT molecular complexity index is 1020. The van der Waals surface area contributed by atoms with E-state index in [2.05, 4.69) is 9.71 Å². The molecule has 9 heteroatoms. The number of anilines is 1. The van der Waals surface area contributed by atoms with Crippen molar-refractivity contribution in [3.05, 3.63) is 58.6 Å². The summed E-state index contributed by atoms with van der Waals surface area (Å²) in [5, 5.41) is 0.421. The van der Waals surface area contributed by atoms with Crippen molar-refractivity contribution in [2.24, 2.45) is 0 Å². The minimum Gasteiger partial charge on any atom is -0.755 e. The van der Waals surface area contributed by atoms with E-state index in [1.807, 2.05) is 0 Å². The molecule has 26 heavy (non-hydrogen) atoms. The van der Waals surface area contributed by atoms with Gasteiger partial charge in [0.1, 0.15) is 0 Å². The van der Waals surface area contributed by atoms with Gasteiger partial charge in [0, 0.05) is 23.0 Å². The second kappa shape index (κ2) is 7.54. The lowest BCUT2D eigenvalue weighted by Gasteiger charge is -2.11. The van der Waals surface area contributed by atoms with Gasteiger partial charge in [-0.25, -0.2) is 4.98 Å². The number of rotatable bonds is 6. The van der Waals surface area contributed by atoms with E-state index in [4.69, 9.17) is 9.47 Å². The van der Waals surface area contributed by atoms with Crippen LogP contribution >= 0.6 is 0 Å². The number of nitrogens with one attached hydrogen (secondary N) is 1. The molecule has 0 aliphatic heterocycles. The van der Waals surface area contributed by atoms with Crippen LogP contribution in [-0.2, 0) is 17.8 Å². The predicted octanol–water partition coefficient (Wildman–Crippen LogP) is 1.67. The van der Waals surface area contributed by atoms with Crippen LogP contribution in [0.15, 0.2) is 47.5 Å². The van der Waals surface area contributed by atoms with E-state index in [9.17, 15) is 13.6 Å². The van der Waals surface area contributed by atoms with Gasteiger partial charge in [-0.3, -0.25) is 13.6 Å². The lowest BCUT2D eigenvalue weighted by Crippen LogP contribution is -2.21. The Balaban J connectivity index is 1.94. The van der Waals surface area contributed by atoms with Crippen molar-refractivity contribution >= 4 is 27.9 Å². The first kappa shape index (κ1) is 17.9. The van der Waals surface area contributed by atoms with E-state index in [0.29, 0.717) is 34.6 Å². The number of ether oxygens (including phenoxy) is 2. The van der Waals surface area contributed by atoms with Gasteiger partial charge >= 0.3 is 0 Å². The molecule has 3 rings (SSSR count). The number of fused-ring (bicyclic) bond motifs is 1. The summed E-state index contributed by atoms with van der Waals surface area (Å²) in [5.41, 5.74) is 1.58. The molecule has 0 aliphatic carbocycles. The summed E-state index contributed by atoms with van der Waals surface area (Å²) < 4.78 is 35.5. The van der Waals surface area contributed by atoms with Gasteiger partial charge in [0.15, 0.2) is 11.5 Å². The second-order valence-electron chi connectivity index (χ2n) is 5.44. The summed E-state index contributed by atoms with van der Waals surface area (Å²) in [6.45, 7) is 0.302. The first-order chi connectivity index (χ1) is 12.5. The molecule has 1 aromatic heterocycles. The number of nitrogens with zero attached hydrogens (tertiary/aromatic N) is 2. The molecule has 0 saturated heterocycles. The average Bonchev–Trinajstić information content (AvgIpc) is 2.64. The van der Waals surface area contributed by atoms with Crippen molar-refractivity contribution in [1.82, 2.24) is 9.55 Å². The molecule has 1 N–H and O–H groups in total. The Hall–Kier alpha value is -2.91. The third-order valence-corrected chi connectivity index (χ3v) is 4.24. The van der Waals surface area contributed by atoms with E-state index in [1.54, 1.807) is 36.4 Å². The van der Waals surface area contributed by atoms with Crippen LogP contribution in [0.25, 0.3) is 10.9 Å². The van der Waals surface area contributed by atoms with Gasteiger partial charge in [-0.1, -0.05) is 12.1 Å². The standard InChI is InChI=1S/C17H17N3O5S/c1-24-15-7-13-14(8-16(15)25-2)18-10-20(17(13)21)9-11-3-5-12(6-4-11)19-26(22)23/h3-8,10,19H,9H2,1-2H3,(H,22,23)/p-1. The van der Waals surface area contributed by atoms with E-state index in [0.717, 1.165) is 5.56 Å². The fraction of sp³-hybridized carbons (Fsp3) is 0.176. The Morgan fingerprint density at radius 3 is 2.42 bits per heavy atom. The van der Waals surface area contributed by atoms with E-state index in [-0.39, 0.29) is 5.56 Å². The van der Waals surface area contributed by atoms with E-state index < -0.39 is 11.3 Å². The largest absolute Gasteiger partial charge is 0.755 e. The summed E-state index contributed by atoms with van der Waals surface area (Å²) >= 11 is -2.37. The highest BCUT2D eigenvalue weighted by Crippen LogP contribution is 2.29. The zero-order valence-corrected chi connectivity index (χ0v) is 14.9. The van der Waals surface area contributed by atoms with Gasteiger partial charge < -0.3 is 18.7 Å². The molecule has 0 spiro atoms. The highest BCUT2D eigenvalue weighted by atomic mass is 32.2. The van der Waals surface area contributed by atoms with Crippen LogP contribution in [0.2, 0.25) is 0 Å². The molecule has 136 valence electrons. The van der Waals surface area contributed by atoms with Crippen molar-refractivity contribution in [3.8, 4) is 11.5 Å². The quantitative estimate of drug-likeness (QED) is 0.658. The van der Waals surface area contributed by atoms with Crippen LogP contribution in [0, 0.1) is 0 Å². The third kappa shape index (κ3) is 3.68. The molecule has 2 aromatic carbocycles. The molecule has 1 unspecified atom stereocenters. The zero-order chi connectivity index (χ0) is 18.7. The molecule has 0 amide bonds. The molecule has 0 bridgehead atoms. The van der Waals surface area contributed by atoms with Crippen molar-refractivity contribution in [2.75, 3.05) is 18.9 Å². The van der Waals surface area contributed by atoms with Crippen molar-refractivity contribution in [2.45, 2.75) is 6.54 Å². The molecule has 0 aliphatic rings. The molecule has 0 saturated carbocycles. The van der Waals surface area contributed by atoms with Crippen LogP contribution in [0.4, 0.5) is 5.69 Å². The topological polar surface area (TPSA) is 106 Å². The molecule has 3 aromatic rings. The predicted molar refractivity (Wildman–Crippen MR) is 97.2 cm³/mol. The van der Waals surface area contributed by atoms with Gasteiger partial charge in [0.05, 0.1) is 38.0 Å². The summed E-state index contributed by atoms with van der Waals surface area (Å²) in [4.78, 5) is 17.1. The summed E-state index contributed by atoms with van der Waals surface area (Å²) in [5.74, 6) is 0.959. The van der Waals surface area contributed by atoms with Crippen LogP contribution < -0.4 is 19.8 Å². The molecule has 0 radical (unpaired) electrons. The number of hydrogen-bond donors (Lipinski definition) is 1. The van der Waals surface area contributed by atoms with Gasteiger partial charge in [-0.2, -0.15) is 0 Å². The highest BCUT2D eigenvalue weighted by Gasteiger charge is 2.11. The average molecular weight is 374 g/mol. The molecular formula is C17H16N3O5S-. The highest BCUT2D eigenvalue weighted by molar-refractivity contribution is 7.80. The number of benzene rings is 2. The van der Waals surface area contributed by atoms with Crippen LogP contribution in [0.5, 0.6) is 11.5 Å². The third-order valence-electron chi connectivity index (χ3n) is 3.84. The summed E-state index contributed by atoms with van der Waals surface area (Å²) in [6.07, 6.45) is 1.47. The van der Waals surface area contributed by atoms with Gasteiger partial charge in [-0.05, 0) is 23.8 Å². The Kier molecular flexibility index (Phi) is 5.19. The molecular weight excluding hydrogens is 358 g/mol. The number of methoxy groups -OCH3 is 2. The van der Waals surface area contributed by atoms with Crippen molar-refractivity contribution in [1.29, 1.82) is 0 Å². The molecule has 0 fully saturated rings. The van der Waals surface area contributed by atoms with Gasteiger partial charge in [0.25, 0.3) is 5.56 Å². The van der Waals surface area contributed by atoms with Crippen LogP contribution in [0.3, 0.4) is 0 Å². The number of hydrogen-bond acceptors (Lipinski definition) is 6. The summed E-state index contributed by atoms with van der Waals surface area (Å²) in [7, 11) is 3.02. The maximum Gasteiger partial charge on any atom is 0.261 e. The Morgan fingerprint density at radius 1 is 1.15 bits per heavy atom. The monoisotopic (exact) mass is 374 g/mol. The lowest BCUT2D eigenvalue weighted by atomic mass is 10.2. The number of aromatic nitrogens is 2. The maximum absolute atomic E-state index is 12.7. The van der Waals surface area contributed by atoms with Crippen LogP contribution in [0.1, 0.15) is 5.56 Å². The first-order valence-corrected chi connectivity index (χ1v) is 8.65. The second-order valence-corrected chi connectivity index (χ2v) is 6.11. The SMILES string of the molecule is COc1cc2ncn(Cc3ccc(NS(=O)[O-])cc3)c(=O)c2cc1OC. The normalized spacial score (nSPS) is 12.0. The van der Waals surface area contributed by atoms with E-state index in [1.165, 1.54) is 25.1 Å². The fourth-order valence-corrected chi connectivity index (χ4v) is 2.90. The fourth-order valence-electron chi connectivity index (χ4n) is 2.57. The van der Waals surface area contributed by atoms with Gasteiger partial charge in [-0.15, -0.1) is 0 Å². The molecule has 1 heterocycles. The summed E-state index contributed by atoms with van der Waals surface area (Å²) in [6, 6.07) is 9.98. The van der Waals surface area contributed by atoms with E-state index >= 15 is 0 Å². The molecule has 1 atom stereocenters. The first-order valence-electron chi connectivity index (χ1n) is 7.58. The maximum atomic E-state index is 12.7. The van der Waals surface area contributed by atoms with Crippen LogP contribution in [-0.4, -0.2) is 32.5 Å². The minimum absolute atomic E-state index is 0.209. The molecule has 8 nitrogen and oxygen atoms in total. The zero-order valence-electron chi connectivity index (χ0n) is 14.1. The Labute approximate surface area is 151 Å². The minimum atomic E-state index is -2.37.